The molecule has 0 spiro atoms. The maximum absolute atomic E-state index is 5.99. The molecule has 0 unspecified atom stereocenters. The predicted octanol–water partition coefficient (Wildman–Crippen LogP) is 3.70. The van der Waals surface area contributed by atoms with Crippen LogP contribution in [0.4, 0.5) is 0 Å². The van der Waals surface area contributed by atoms with Gasteiger partial charge in [0.25, 0.3) is 0 Å². The number of aromatic nitrogens is 2. The molecule has 0 saturated heterocycles. The molecule has 1 atom stereocenters. The number of nitrogens with two attached hydrogens (primary N) is 1. The van der Waals surface area contributed by atoms with Gasteiger partial charge >= 0.3 is 0 Å². The van der Waals surface area contributed by atoms with E-state index in [9.17, 15) is 0 Å². The van der Waals surface area contributed by atoms with E-state index in [0.29, 0.717) is 6.61 Å². The molecular formula is C16H16BrN3O. The number of benzene rings is 1. The van der Waals surface area contributed by atoms with Gasteiger partial charge in [0, 0.05) is 28.5 Å². The van der Waals surface area contributed by atoms with Crippen molar-refractivity contribution < 1.29 is 4.74 Å². The first-order valence-electron chi connectivity index (χ1n) is 6.74. The van der Waals surface area contributed by atoms with Crippen LogP contribution in [-0.4, -0.2) is 9.38 Å². The van der Waals surface area contributed by atoms with Gasteiger partial charge in [-0.05, 0) is 37.3 Å². The summed E-state index contributed by atoms with van der Waals surface area (Å²) in [6.07, 6.45) is 3.94. The third kappa shape index (κ3) is 3.09. The van der Waals surface area contributed by atoms with Crippen molar-refractivity contribution in [2.45, 2.75) is 19.6 Å². The lowest BCUT2D eigenvalue weighted by molar-refractivity contribution is 0.297. The highest BCUT2D eigenvalue weighted by molar-refractivity contribution is 9.10. The molecule has 108 valence electrons. The zero-order valence-electron chi connectivity index (χ0n) is 11.7. The average Bonchev–Trinajstić information content (AvgIpc) is 2.88. The van der Waals surface area contributed by atoms with Crippen LogP contribution >= 0.6 is 15.9 Å². The van der Waals surface area contributed by atoms with Crippen molar-refractivity contribution >= 4 is 21.6 Å². The summed E-state index contributed by atoms with van der Waals surface area (Å²) in [7, 11) is 0. The molecule has 2 heterocycles. The summed E-state index contributed by atoms with van der Waals surface area (Å²) in [6, 6.07) is 11.7. The number of hydrogen-bond donors (Lipinski definition) is 1. The molecule has 0 aliphatic heterocycles. The lowest BCUT2D eigenvalue weighted by atomic mass is 10.1. The van der Waals surface area contributed by atoms with Crippen molar-refractivity contribution in [2.24, 2.45) is 5.73 Å². The lowest BCUT2D eigenvalue weighted by Gasteiger charge is -2.13. The minimum atomic E-state index is -0.0847. The second-order valence-corrected chi connectivity index (χ2v) is 5.87. The zero-order valence-corrected chi connectivity index (χ0v) is 13.2. The van der Waals surface area contributed by atoms with Gasteiger partial charge in [-0.25, -0.2) is 4.98 Å². The largest absolute Gasteiger partial charge is 0.487 e. The van der Waals surface area contributed by atoms with E-state index < -0.39 is 0 Å². The molecule has 0 radical (unpaired) electrons. The lowest BCUT2D eigenvalue weighted by Crippen LogP contribution is -2.08. The topological polar surface area (TPSA) is 52.5 Å². The molecule has 3 aromatic rings. The monoisotopic (exact) mass is 345 g/mol. The summed E-state index contributed by atoms with van der Waals surface area (Å²) in [6.45, 7) is 2.36. The maximum Gasteiger partial charge on any atom is 0.137 e. The molecule has 3 rings (SSSR count). The minimum absolute atomic E-state index is 0.0847. The number of hydrogen-bond acceptors (Lipinski definition) is 3. The number of fused-ring (bicyclic) bond motifs is 1. The Balaban J connectivity index is 1.81. The first-order chi connectivity index (χ1) is 10.1. The number of rotatable bonds is 4. The highest BCUT2D eigenvalue weighted by Gasteiger charge is 2.10. The number of nitrogens with zero attached hydrogens (tertiary/aromatic N) is 2. The van der Waals surface area contributed by atoms with Gasteiger partial charge in [-0.3, -0.25) is 0 Å². The van der Waals surface area contributed by atoms with Crippen molar-refractivity contribution in [3.63, 3.8) is 0 Å². The first-order valence-corrected chi connectivity index (χ1v) is 7.53. The Hall–Kier alpha value is -1.85. The van der Waals surface area contributed by atoms with E-state index in [1.165, 1.54) is 0 Å². The van der Waals surface area contributed by atoms with Crippen molar-refractivity contribution in [1.29, 1.82) is 0 Å². The van der Waals surface area contributed by atoms with Crippen molar-refractivity contribution in [3.8, 4) is 5.75 Å². The minimum Gasteiger partial charge on any atom is -0.487 e. The fourth-order valence-electron chi connectivity index (χ4n) is 2.22. The molecule has 0 saturated carbocycles. The van der Waals surface area contributed by atoms with E-state index in [1.54, 1.807) is 0 Å². The molecule has 1 aromatic carbocycles. The number of imidazole rings is 1. The van der Waals surface area contributed by atoms with Gasteiger partial charge in [0.1, 0.15) is 18.0 Å². The third-order valence-corrected chi connectivity index (χ3v) is 3.75. The highest BCUT2D eigenvalue weighted by Crippen LogP contribution is 2.28. The Bertz CT molecular complexity index is 734. The Morgan fingerprint density at radius 3 is 2.95 bits per heavy atom. The summed E-state index contributed by atoms with van der Waals surface area (Å²) in [5.41, 5.74) is 8.78. The second kappa shape index (κ2) is 5.87. The molecule has 2 aromatic heterocycles. The van der Waals surface area contributed by atoms with E-state index in [0.717, 1.165) is 27.1 Å². The van der Waals surface area contributed by atoms with E-state index >= 15 is 0 Å². The summed E-state index contributed by atoms with van der Waals surface area (Å²) in [5.74, 6) is 0.797. The van der Waals surface area contributed by atoms with Crippen molar-refractivity contribution in [3.05, 3.63) is 64.5 Å². The Morgan fingerprint density at radius 2 is 2.19 bits per heavy atom. The van der Waals surface area contributed by atoms with Gasteiger partial charge in [0.05, 0.1) is 5.69 Å². The van der Waals surface area contributed by atoms with Crippen molar-refractivity contribution in [2.75, 3.05) is 0 Å². The summed E-state index contributed by atoms with van der Waals surface area (Å²) >= 11 is 3.46. The molecule has 5 heteroatoms. The summed E-state index contributed by atoms with van der Waals surface area (Å²) < 4.78 is 8.87. The molecule has 0 amide bonds. The van der Waals surface area contributed by atoms with Crippen LogP contribution in [-0.2, 0) is 6.61 Å². The van der Waals surface area contributed by atoms with Gasteiger partial charge in [-0.2, -0.15) is 0 Å². The summed E-state index contributed by atoms with van der Waals surface area (Å²) in [4.78, 5) is 4.52. The molecule has 0 bridgehead atoms. The number of ether oxygens (including phenoxy) is 1. The molecule has 0 aliphatic carbocycles. The van der Waals surface area contributed by atoms with E-state index in [2.05, 4.69) is 20.9 Å². The van der Waals surface area contributed by atoms with E-state index in [1.807, 2.05) is 60.1 Å². The quantitative estimate of drug-likeness (QED) is 0.784. The van der Waals surface area contributed by atoms with Crippen molar-refractivity contribution in [1.82, 2.24) is 9.38 Å². The third-order valence-electron chi connectivity index (χ3n) is 3.25. The second-order valence-electron chi connectivity index (χ2n) is 4.96. The van der Waals surface area contributed by atoms with Gasteiger partial charge in [-0.1, -0.05) is 22.0 Å². The van der Waals surface area contributed by atoms with Crippen LogP contribution in [0, 0.1) is 0 Å². The first kappa shape index (κ1) is 14.1. The molecule has 4 nitrogen and oxygen atoms in total. The predicted molar refractivity (Wildman–Crippen MR) is 86.3 cm³/mol. The van der Waals surface area contributed by atoms with Gasteiger partial charge in [0.15, 0.2) is 0 Å². The van der Waals surface area contributed by atoms with Gasteiger partial charge < -0.3 is 14.9 Å². The van der Waals surface area contributed by atoms with Crippen LogP contribution in [0.1, 0.15) is 24.2 Å². The van der Waals surface area contributed by atoms with Crippen LogP contribution in [0.25, 0.3) is 5.65 Å². The number of pyridine rings is 1. The van der Waals surface area contributed by atoms with E-state index in [-0.39, 0.29) is 6.04 Å². The molecule has 21 heavy (non-hydrogen) atoms. The maximum atomic E-state index is 5.99. The Labute approximate surface area is 131 Å². The van der Waals surface area contributed by atoms with Crippen LogP contribution in [0.2, 0.25) is 0 Å². The fourth-order valence-corrected chi connectivity index (χ4v) is 2.59. The molecule has 0 fully saturated rings. The fraction of sp³-hybridized carbons (Fsp3) is 0.188. The van der Waals surface area contributed by atoms with Crippen LogP contribution < -0.4 is 10.5 Å². The smallest absolute Gasteiger partial charge is 0.137 e. The molecule has 0 aliphatic rings. The van der Waals surface area contributed by atoms with Gasteiger partial charge in [0.2, 0.25) is 0 Å². The number of halogens is 1. The van der Waals surface area contributed by atoms with Crippen LogP contribution in [0.3, 0.4) is 0 Å². The normalized spacial score (nSPS) is 12.5. The highest BCUT2D eigenvalue weighted by atomic mass is 79.9. The Morgan fingerprint density at radius 1 is 1.33 bits per heavy atom. The average molecular weight is 346 g/mol. The molecular weight excluding hydrogens is 330 g/mol. The SMILES string of the molecule is C[C@H](N)c1cc(Br)ccc1OCc1cn2ccccc2n1. The van der Waals surface area contributed by atoms with E-state index in [4.69, 9.17) is 10.5 Å². The summed E-state index contributed by atoms with van der Waals surface area (Å²) in [5, 5.41) is 0. The van der Waals surface area contributed by atoms with Gasteiger partial charge in [-0.15, -0.1) is 0 Å². The standard InChI is InChI=1S/C16H16BrN3O/c1-11(18)14-8-12(17)5-6-15(14)21-10-13-9-20-7-3-2-4-16(20)19-13/h2-9,11H,10,18H2,1H3/t11-/m0/s1. The van der Waals surface area contributed by atoms with Crippen LogP contribution in [0.5, 0.6) is 5.75 Å². The zero-order chi connectivity index (χ0) is 14.8. The Kier molecular flexibility index (Phi) is 3.94. The van der Waals surface area contributed by atoms with Crippen LogP contribution in [0.15, 0.2) is 53.3 Å². The molecule has 2 N–H and O–H groups in total.